The number of halogens is 1. The average Bonchev–Trinajstić information content (AvgIpc) is 2.56. The van der Waals surface area contributed by atoms with Crippen molar-refractivity contribution in [2.45, 2.75) is 20.3 Å². The van der Waals surface area contributed by atoms with Gasteiger partial charge in [0.1, 0.15) is 12.1 Å². The standard InChI is InChI=1S/C16H19ClN4O4/c1-10-7-12(8-11(2)13(10)17)25-16-14(21(22)23)15(19-9-20-16)18-5-4-6-24-3/h7-9H,4-6H2,1-3H3,(H,18,19,20). The fraction of sp³-hybridized carbons (Fsp3) is 0.375. The van der Waals surface area contributed by atoms with E-state index in [4.69, 9.17) is 21.1 Å². The summed E-state index contributed by atoms with van der Waals surface area (Å²) in [6.45, 7) is 4.68. The Balaban J connectivity index is 2.29. The Hall–Kier alpha value is -2.45. The third-order valence-corrected chi connectivity index (χ3v) is 4.01. The molecule has 2 rings (SSSR count). The molecule has 1 N–H and O–H groups in total. The number of nitrogens with zero attached hydrogens (tertiary/aromatic N) is 3. The number of hydrogen-bond acceptors (Lipinski definition) is 7. The number of nitrogens with one attached hydrogen (secondary N) is 1. The average molecular weight is 367 g/mol. The van der Waals surface area contributed by atoms with Gasteiger partial charge in [0.25, 0.3) is 0 Å². The Morgan fingerprint density at radius 3 is 2.56 bits per heavy atom. The lowest BCUT2D eigenvalue weighted by Crippen LogP contribution is -2.09. The van der Waals surface area contributed by atoms with Gasteiger partial charge in [-0.3, -0.25) is 10.1 Å². The molecule has 1 aromatic heterocycles. The van der Waals surface area contributed by atoms with Gasteiger partial charge in [0.15, 0.2) is 0 Å². The number of hydrogen-bond donors (Lipinski definition) is 1. The van der Waals surface area contributed by atoms with Crippen molar-refractivity contribution in [3.05, 3.63) is 44.7 Å². The Morgan fingerprint density at radius 2 is 1.96 bits per heavy atom. The van der Waals surface area contributed by atoms with Gasteiger partial charge in [-0.2, -0.15) is 4.98 Å². The molecule has 0 saturated heterocycles. The number of methoxy groups -OCH3 is 1. The van der Waals surface area contributed by atoms with Crippen molar-refractivity contribution in [3.63, 3.8) is 0 Å². The maximum Gasteiger partial charge on any atom is 0.373 e. The SMILES string of the molecule is COCCCNc1ncnc(Oc2cc(C)c(Cl)c(C)c2)c1[N+](=O)[O-]. The van der Waals surface area contributed by atoms with E-state index in [0.717, 1.165) is 11.1 Å². The molecule has 0 aliphatic carbocycles. The molecule has 0 atom stereocenters. The Labute approximate surface area is 150 Å². The first-order valence-electron chi connectivity index (χ1n) is 7.60. The summed E-state index contributed by atoms with van der Waals surface area (Å²) in [6.07, 6.45) is 1.90. The van der Waals surface area contributed by atoms with Gasteiger partial charge in [0.2, 0.25) is 5.82 Å². The molecule has 0 spiro atoms. The maximum atomic E-state index is 11.5. The number of ether oxygens (including phenoxy) is 2. The van der Waals surface area contributed by atoms with E-state index in [2.05, 4.69) is 15.3 Å². The van der Waals surface area contributed by atoms with E-state index in [1.54, 1.807) is 19.2 Å². The zero-order valence-electron chi connectivity index (χ0n) is 14.2. The van der Waals surface area contributed by atoms with Gasteiger partial charge in [-0.1, -0.05) is 11.6 Å². The molecule has 25 heavy (non-hydrogen) atoms. The second-order valence-electron chi connectivity index (χ2n) is 5.38. The van der Waals surface area contributed by atoms with E-state index >= 15 is 0 Å². The molecule has 0 amide bonds. The summed E-state index contributed by atoms with van der Waals surface area (Å²) < 4.78 is 10.6. The number of nitro groups is 1. The van der Waals surface area contributed by atoms with Crippen LogP contribution in [0.25, 0.3) is 0 Å². The van der Waals surface area contributed by atoms with Crippen molar-refractivity contribution in [3.8, 4) is 11.6 Å². The molecule has 1 heterocycles. The Morgan fingerprint density at radius 1 is 1.28 bits per heavy atom. The molecule has 2 aromatic rings. The molecule has 0 bridgehead atoms. The van der Waals surface area contributed by atoms with Crippen LogP contribution < -0.4 is 10.1 Å². The summed E-state index contributed by atoms with van der Waals surface area (Å²) in [6, 6.07) is 3.40. The van der Waals surface area contributed by atoms with Crippen LogP contribution in [0.5, 0.6) is 11.6 Å². The summed E-state index contributed by atoms with van der Waals surface area (Å²) in [5.41, 5.74) is 1.31. The van der Waals surface area contributed by atoms with E-state index < -0.39 is 4.92 Å². The highest BCUT2D eigenvalue weighted by Crippen LogP contribution is 2.35. The number of rotatable bonds is 8. The minimum absolute atomic E-state index is 0.105. The van der Waals surface area contributed by atoms with Crippen LogP contribution in [0, 0.1) is 24.0 Å². The maximum absolute atomic E-state index is 11.5. The second kappa shape index (κ2) is 8.59. The van der Waals surface area contributed by atoms with E-state index in [1.165, 1.54) is 6.33 Å². The fourth-order valence-electron chi connectivity index (χ4n) is 2.23. The van der Waals surface area contributed by atoms with Crippen LogP contribution in [0.3, 0.4) is 0 Å². The van der Waals surface area contributed by atoms with Crippen LogP contribution in [0.15, 0.2) is 18.5 Å². The van der Waals surface area contributed by atoms with Gasteiger partial charge < -0.3 is 14.8 Å². The smallest absolute Gasteiger partial charge is 0.373 e. The lowest BCUT2D eigenvalue weighted by atomic mass is 10.1. The summed E-state index contributed by atoms with van der Waals surface area (Å²) in [5, 5.41) is 15.0. The lowest BCUT2D eigenvalue weighted by Gasteiger charge is -2.11. The van der Waals surface area contributed by atoms with E-state index in [-0.39, 0.29) is 17.4 Å². The van der Waals surface area contributed by atoms with Gasteiger partial charge in [-0.15, -0.1) is 0 Å². The molecule has 1 aromatic carbocycles. The van der Waals surface area contributed by atoms with Crippen LogP contribution in [0.4, 0.5) is 11.5 Å². The van der Waals surface area contributed by atoms with Crippen molar-refractivity contribution < 1.29 is 14.4 Å². The molecule has 0 aliphatic rings. The van der Waals surface area contributed by atoms with Crippen LogP contribution >= 0.6 is 11.6 Å². The number of benzene rings is 1. The zero-order valence-corrected chi connectivity index (χ0v) is 15.0. The topological polar surface area (TPSA) is 99.4 Å². The predicted molar refractivity (Wildman–Crippen MR) is 94.7 cm³/mol. The predicted octanol–water partition coefficient (Wildman–Crippen LogP) is 3.90. The molecule has 0 aliphatic heterocycles. The fourth-order valence-corrected chi connectivity index (χ4v) is 2.34. The van der Waals surface area contributed by atoms with Gasteiger partial charge in [0.05, 0.1) is 4.92 Å². The molecule has 0 unspecified atom stereocenters. The van der Waals surface area contributed by atoms with Gasteiger partial charge in [0, 0.05) is 25.3 Å². The van der Waals surface area contributed by atoms with Crippen molar-refractivity contribution in [2.24, 2.45) is 0 Å². The molecule has 0 saturated carbocycles. The van der Waals surface area contributed by atoms with Crippen LogP contribution in [-0.2, 0) is 4.74 Å². The summed E-state index contributed by atoms with van der Waals surface area (Å²) >= 11 is 6.13. The minimum Gasteiger partial charge on any atom is -0.434 e. The van der Waals surface area contributed by atoms with E-state index in [1.807, 2.05) is 13.8 Å². The summed E-state index contributed by atoms with van der Waals surface area (Å²) in [4.78, 5) is 18.8. The van der Waals surface area contributed by atoms with Crippen LogP contribution in [0.1, 0.15) is 17.5 Å². The van der Waals surface area contributed by atoms with Gasteiger partial charge in [-0.25, -0.2) is 4.98 Å². The third-order valence-electron chi connectivity index (χ3n) is 3.41. The van der Waals surface area contributed by atoms with Crippen LogP contribution in [-0.4, -0.2) is 35.2 Å². The first kappa shape index (κ1) is 18.9. The molecule has 8 nitrogen and oxygen atoms in total. The van der Waals surface area contributed by atoms with Crippen molar-refractivity contribution >= 4 is 23.1 Å². The highest BCUT2D eigenvalue weighted by Gasteiger charge is 2.25. The normalized spacial score (nSPS) is 10.6. The number of anilines is 1. The monoisotopic (exact) mass is 366 g/mol. The van der Waals surface area contributed by atoms with Gasteiger partial charge >= 0.3 is 11.6 Å². The minimum atomic E-state index is -0.566. The zero-order chi connectivity index (χ0) is 18.4. The molecule has 0 radical (unpaired) electrons. The van der Waals surface area contributed by atoms with Crippen molar-refractivity contribution in [1.29, 1.82) is 0 Å². The molecule has 9 heteroatoms. The quantitative estimate of drug-likeness (QED) is 0.429. The number of aryl methyl sites for hydroxylation is 2. The molecular formula is C16H19ClN4O4. The highest BCUT2D eigenvalue weighted by atomic mass is 35.5. The van der Waals surface area contributed by atoms with E-state index in [0.29, 0.717) is 30.3 Å². The molecule has 0 fully saturated rings. The van der Waals surface area contributed by atoms with Crippen molar-refractivity contribution in [1.82, 2.24) is 9.97 Å². The van der Waals surface area contributed by atoms with Gasteiger partial charge in [-0.05, 0) is 43.5 Å². The first-order valence-corrected chi connectivity index (χ1v) is 7.98. The third kappa shape index (κ3) is 4.77. The summed E-state index contributed by atoms with van der Waals surface area (Å²) in [5.74, 6) is 0.399. The molecule has 134 valence electrons. The highest BCUT2D eigenvalue weighted by molar-refractivity contribution is 6.32. The lowest BCUT2D eigenvalue weighted by molar-refractivity contribution is -0.385. The first-order chi connectivity index (χ1) is 11.9. The van der Waals surface area contributed by atoms with E-state index in [9.17, 15) is 10.1 Å². The molecular weight excluding hydrogens is 348 g/mol. The summed E-state index contributed by atoms with van der Waals surface area (Å²) in [7, 11) is 1.59. The van der Waals surface area contributed by atoms with Crippen molar-refractivity contribution in [2.75, 3.05) is 25.6 Å². The number of aromatic nitrogens is 2. The second-order valence-corrected chi connectivity index (χ2v) is 5.76. The Kier molecular flexibility index (Phi) is 6.49. The largest absolute Gasteiger partial charge is 0.434 e. The Bertz CT molecular complexity index is 747. The van der Waals surface area contributed by atoms with Crippen LogP contribution in [0.2, 0.25) is 5.02 Å².